The molecule has 0 saturated heterocycles. The van der Waals surface area contributed by atoms with Crippen molar-refractivity contribution in [1.29, 1.82) is 0 Å². The van der Waals surface area contributed by atoms with E-state index in [4.69, 9.17) is 13.9 Å². The lowest BCUT2D eigenvalue weighted by molar-refractivity contribution is -0.118. The fourth-order valence-electron chi connectivity index (χ4n) is 2.90. The zero-order chi connectivity index (χ0) is 20.2. The van der Waals surface area contributed by atoms with Crippen LogP contribution in [0.5, 0.6) is 11.5 Å². The van der Waals surface area contributed by atoms with Gasteiger partial charge >= 0.3 is 0 Å². The number of aromatic nitrogens is 1. The monoisotopic (exact) mass is 388 g/mol. The number of fused-ring (bicyclic) bond motifs is 1. The Morgan fingerprint density at radius 2 is 1.86 bits per heavy atom. The maximum Gasteiger partial charge on any atom is 0.262 e. The van der Waals surface area contributed by atoms with Gasteiger partial charge in [0.2, 0.25) is 5.89 Å². The molecule has 0 fully saturated rings. The van der Waals surface area contributed by atoms with Crippen LogP contribution in [0, 0.1) is 6.92 Å². The largest absolute Gasteiger partial charge is 0.497 e. The van der Waals surface area contributed by atoms with Gasteiger partial charge in [-0.25, -0.2) is 4.98 Å². The van der Waals surface area contributed by atoms with E-state index in [2.05, 4.69) is 10.3 Å². The van der Waals surface area contributed by atoms with Crippen molar-refractivity contribution in [3.8, 4) is 23.0 Å². The highest BCUT2D eigenvalue weighted by atomic mass is 16.5. The first-order valence-electron chi connectivity index (χ1n) is 9.15. The third-order valence-electron chi connectivity index (χ3n) is 4.37. The Bertz CT molecular complexity index is 1150. The average Bonchev–Trinajstić information content (AvgIpc) is 3.16. The zero-order valence-electron chi connectivity index (χ0n) is 16.1. The molecule has 1 aromatic heterocycles. The summed E-state index contributed by atoms with van der Waals surface area (Å²) in [6.45, 7) is 1.92. The molecule has 3 aromatic carbocycles. The number of hydrogen-bond acceptors (Lipinski definition) is 5. The Morgan fingerprint density at radius 3 is 2.62 bits per heavy atom. The van der Waals surface area contributed by atoms with Gasteiger partial charge in [-0.2, -0.15) is 0 Å². The fraction of sp³-hybridized carbons (Fsp3) is 0.130. The fourth-order valence-corrected chi connectivity index (χ4v) is 2.90. The molecule has 1 heterocycles. The van der Waals surface area contributed by atoms with Crippen LogP contribution in [0.2, 0.25) is 0 Å². The van der Waals surface area contributed by atoms with Crippen molar-refractivity contribution >= 4 is 22.7 Å². The molecule has 0 radical (unpaired) electrons. The highest BCUT2D eigenvalue weighted by Crippen LogP contribution is 2.27. The third-order valence-corrected chi connectivity index (χ3v) is 4.37. The van der Waals surface area contributed by atoms with Gasteiger partial charge in [-0.3, -0.25) is 4.79 Å². The summed E-state index contributed by atoms with van der Waals surface area (Å²) < 4.78 is 16.5. The summed E-state index contributed by atoms with van der Waals surface area (Å²) >= 11 is 0. The van der Waals surface area contributed by atoms with E-state index < -0.39 is 0 Å². The van der Waals surface area contributed by atoms with E-state index in [-0.39, 0.29) is 12.5 Å². The third kappa shape index (κ3) is 4.38. The summed E-state index contributed by atoms with van der Waals surface area (Å²) in [5.74, 6) is 1.67. The lowest BCUT2D eigenvalue weighted by atomic mass is 10.2. The number of aryl methyl sites for hydroxylation is 1. The highest BCUT2D eigenvalue weighted by Gasteiger charge is 2.10. The number of methoxy groups -OCH3 is 1. The van der Waals surface area contributed by atoms with E-state index in [0.29, 0.717) is 22.9 Å². The molecule has 4 aromatic rings. The number of oxazole rings is 1. The van der Waals surface area contributed by atoms with Crippen molar-refractivity contribution < 1.29 is 18.7 Å². The van der Waals surface area contributed by atoms with Crippen LogP contribution in [0.3, 0.4) is 0 Å². The highest BCUT2D eigenvalue weighted by molar-refractivity contribution is 5.92. The first kappa shape index (κ1) is 18.6. The molecule has 0 aliphatic rings. The molecule has 1 amide bonds. The normalized spacial score (nSPS) is 10.7. The SMILES string of the molecule is COc1ccc2oc(-c3ccc(NC(=O)COc4cccc(C)c4)cc3)nc2c1. The number of nitrogens with one attached hydrogen (secondary N) is 1. The summed E-state index contributed by atoms with van der Waals surface area (Å²) in [5.41, 5.74) is 3.98. The van der Waals surface area contributed by atoms with Crippen LogP contribution in [-0.4, -0.2) is 24.6 Å². The number of hydrogen-bond donors (Lipinski definition) is 1. The number of rotatable bonds is 6. The van der Waals surface area contributed by atoms with Gasteiger partial charge < -0.3 is 19.2 Å². The number of ether oxygens (including phenoxy) is 2. The number of amides is 1. The average molecular weight is 388 g/mol. The van der Waals surface area contributed by atoms with Crippen molar-refractivity contribution in [2.24, 2.45) is 0 Å². The molecule has 0 aliphatic heterocycles. The summed E-state index contributed by atoms with van der Waals surface area (Å²) in [4.78, 5) is 16.6. The van der Waals surface area contributed by atoms with E-state index in [1.54, 1.807) is 19.2 Å². The molecule has 0 saturated carbocycles. The molecule has 4 rings (SSSR count). The minimum Gasteiger partial charge on any atom is -0.497 e. The minimum absolute atomic E-state index is 0.0574. The summed E-state index contributed by atoms with van der Waals surface area (Å²) in [6, 6.07) is 20.4. The maximum atomic E-state index is 12.1. The van der Waals surface area contributed by atoms with Crippen molar-refractivity contribution in [2.75, 3.05) is 19.0 Å². The summed E-state index contributed by atoms with van der Waals surface area (Å²) in [6.07, 6.45) is 0. The molecular weight excluding hydrogens is 368 g/mol. The van der Waals surface area contributed by atoms with Gasteiger partial charge in [0.05, 0.1) is 7.11 Å². The van der Waals surface area contributed by atoms with Crippen LogP contribution >= 0.6 is 0 Å². The quantitative estimate of drug-likeness (QED) is 0.512. The molecule has 6 heteroatoms. The van der Waals surface area contributed by atoms with Crippen molar-refractivity contribution in [3.05, 3.63) is 72.3 Å². The lowest BCUT2D eigenvalue weighted by Gasteiger charge is -2.08. The maximum absolute atomic E-state index is 12.1. The van der Waals surface area contributed by atoms with Gasteiger partial charge in [0.25, 0.3) is 5.91 Å². The van der Waals surface area contributed by atoms with Crippen LogP contribution < -0.4 is 14.8 Å². The van der Waals surface area contributed by atoms with Crippen LogP contribution in [0.15, 0.2) is 71.1 Å². The summed E-state index contributed by atoms with van der Waals surface area (Å²) in [7, 11) is 1.61. The molecule has 1 N–H and O–H groups in total. The predicted molar refractivity (Wildman–Crippen MR) is 111 cm³/mol. The van der Waals surface area contributed by atoms with Gasteiger partial charge in [0.15, 0.2) is 12.2 Å². The molecular formula is C23H20N2O4. The first-order chi connectivity index (χ1) is 14.1. The van der Waals surface area contributed by atoms with Crippen molar-refractivity contribution in [1.82, 2.24) is 4.98 Å². The molecule has 0 spiro atoms. The standard InChI is InChI=1S/C23H20N2O4/c1-15-4-3-5-19(12-15)28-14-22(26)24-17-8-6-16(7-9-17)23-25-20-13-18(27-2)10-11-21(20)29-23/h3-13H,14H2,1-2H3,(H,24,26). The Kier molecular flexibility index (Phi) is 5.16. The van der Waals surface area contributed by atoms with Gasteiger partial charge in [-0.15, -0.1) is 0 Å². The Hall–Kier alpha value is -3.80. The Labute approximate surface area is 168 Å². The number of carbonyl (C=O) groups excluding carboxylic acids is 1. The Morgan fingerprint density at radius 1 is 1.03 bits per heavy atom. The van der Waals surface area contributed by atoms with Gasteiger partial charge in [0, 0.05) is 17.3 Å². The number of benzene rings is 3. The first-order valence-corrected chi connectivity index (χ1v) is 9.15. The van der Waals surface area contributed by atoms with E-state index in [1.807, 2.05) is 61.5 Å². The van der Waals surface area contributed by atoms with Gasteiger partial charge in [0.1, 0.15) is 17.0 Å². The number of carbonyl (C=O) groups is 1. The van der Waals surface area contributed by atoms with Crippen LogP contribution in [0.1, 0.15) is 5.56 Å². The molecule has 29 heavy (non-hydrogen) atoms. The minimum atomic E-state index is -0.229. The van der Waals surface area contributed by atoms with Gasteiger partial charge in [-0.1, -0.05) is 12.1 Å². The van der Waals surface area contributed by atoms with Crippen molar-refractivity contribution in [2.45, 2.75) is 6.92 Å². The second-order valence-electron chi connectivity index (χ2n) is 6.58. The topological polar surface area (TPSA) is 73.6 Å². The van der Waals surface area contributed by atoms with Crippen LogP contribution in [0.4, 0.5) is 5.69 Å². The van der Waals surface area contributed by atoms with E-state index in [1.165, 1.54) is 0 Å². The van der Waals surface area contributed by atoms with E-state index in [9.17, 15) is 4.79 Å². The van der Waals surface area contributed by atoms with Gasteiger partial charge in [-0.05, 0) is 61.0 Å². The zero-order valence-corrected chi connectivity index (χ0v) is 16.1. The van der Waals surface area contributed by atoms with E-state index in [0.717, 1.165) is 22.4 Å². The predicted octanol–water partition coefficient (Wildman–Crippen LogP) is 4.83. The number of anilines is 1. The Balaban J connectivity index is 1.40. The smallest absolute Gasteiger partial charge is 0.262 e. The van der Waals surface area contributed by atoms with Crippen LogP contribution in [0.25, 0.3) is 22.6 Å². The number of nitrogens with zero attached hydrogens (tertiary/aromatic N) is 1. The van der Waals surface area contributed by atoms with Crippen molar-refractivity contribution in [3.63, 3.8) is 0 Å². The summed E-state index contributed by atoms with van der Waals surface area (Å²) in [5, 5.41) is 2.82. The second kappa shape index (κ2) is 8.06. The van der Waals surface area contributed by atoms with Crippen LogP contribution in [-0.2, 0) is 4.79 Å². The molecule has 146 valence electrons. The molecule has 6 nitrogen and oxygen atoms in total. The molecule has 0 aliphatic carbocycles. The molecule has 0 atom stereocenters. The second-order valence-corrected chi connectivity index (χ2v) is 6.58. The molecule has 0 bridgehead atoms. The van der Waals surface area contributed by atoms with E-state index >= 15 is 0 Å². The lowest BCUT2D eigenvalue weighted by Crippen LogP contribution is -2.20. The molecule has 0 unspecified atom stereocenters.